The number of anilines is 3. The average Bonchev–Trinajstić information content (AvgIpc) is 2.71. The number of nitrogens with zero attached hydrogens (tertiary/aromatic N) is 1. The van der Waals surface area contributed by atoms with E-state index < -0.39 is 0 Å². The van der Waals surface area contributed by atoms with E-state index in [1.54, 1.807) is 18.3 Å². The zero-order chi connectivity index (χ0) is 19.8. The number of hydrogen-bond acceptors (Lipinski definition) is 5. The van der Waals surface area contributed by atoms with E-state index in [-0.39, 0.29) is 12.5 Å². The van der Waals surface area contributed by atoms with Gasteiger partial charge in [0.25, 0.3) is 5.91 Å². The monoisotopic (exact) mass is 377 g/mol. The maximum atomic E-state index is 12.0. The molecule has 0 aliphatic rings. The standard InChI is InChI=1S/C22H23N3O3/c1-3-27-20-7-5-4-6-19(20)25-21-13-10-17(14-23-21)24-22(26)15-28-18-11-8-16(2)9-12-18/h4-14H,3,15H2,1-2H3,(H,23,25)(H,24,26). The van der Waals surface area contributed by atoms with Crippen molar-refractivity contribution in [1.29, 1.82) is 0 Å². The van der Waals surface area contributed by atoms with Crippen LogP contribution in [0.2, 0.25) is 0 Å². The van der Waals surface area contributed by atoms with Gasteiger partial charge in [0, 0.05) is 0 Å². The Bertz CT molecular complexity index is 909. The van der Waals surface area contributed by atoms with Gasteiger partial charge in [-0.2, -0.15) is 0 Å². The first-order valence-electron chi connectivity index (χ1n) is 9.08. The van der Waals surface area contributed by atoms with Crippen molar-refractivity contribution in [3.63, 3.8) is 0 Å². The molecule has 2 N–H and O–H groups in total. The summed E-state index contributed by atoms with van der Waals surface area (Å²) in [5.74, 6) is 1.83. The molecule has 0 fully saturated rings. The van der Waals surface area contributed by atoms with Gasteiger partial charge in [-0.05, 0) is 50.2 Å². The van der Waals surface area contributed by atoms with E-state index in [1.165, 1.54) is 0 Å². The number of carbonyl (C=O) groups excluding carboxylic acids is 1. The number of carbonyl (C=O) groups is 1. The molecule has 28 heavy (non-hydrogen) atoms. The van der Waals surface area contributed by atoms with Crippen LogP contribution in [0.25, 0.3) is 0 Å². The van der Waals surface area contributed by atoms with Crippen LogP contribution in [0.15, 0.2) is 66.9 Å². The van der Waals surface area contributed by atoms with E-state index in [0.717, 1.165) is 17.0 Å². The first-order valence-corrected chi connectivity index (χ1v) is 9.08. The summed E-state index contributed by atoms with van der Waals surface area (Å²) in [7, 11) is 0. The van der Waals surface area contributed by atoms with Crippen LogP contribution >= 0.6 is 0 Å². The summed E-state index contributed by atoms with van der Waals surface area (Å²) < 4.78 is 11.1. The smallest absolute Gasteiger partial charge is 0.262 e. The van der Waals surface area contributed by atoms with Crippen LogP contribution in [0.5, 0.6) is 11.5 Å². The fourth-order valence-electron chi connectivity index (χ4n) is 2.51. The van der Waals surface area contributed by atoms with Crippen molar-refractivity contribution in [3.8, 4) is 11.5 Å². The second kappa shape index (κ2) is 9.41. The lowest BCUT2D eigenvalue weighted by atomic mass is 10.2. The molecular formula is C22H23N3O3. The average molecular weight is 377 g/mol. The van der Waals surface area contributed by atoms with Crippen LogP contribution < -0.4 is 20.1 Å². The molecule has 0 unspecified atom stereocenters. The van der Waals surface area contributed by atoms with Gasteiger partial charge in [-0.1, -0.05) is 29.8 Å². The SMILES string of the molecule is CCOc1ccccc1Nc1ccc(NC(=O)COc2ccc(C)cc2)cn1. The minimum Gasteiger partial charge on any atom is -0.492 e. The molecule has 1 heterocycles. The van der Waals surface area contributed by atoms with Crippen LogP contribution in [0, 0.1) is 6.92 Å². The molecule has 0 atom stereocenters. The molecule has 0 saturated carbocycles. The number of benzene rings is 2. The van der Waals surface area contributed by atoms with Gasteiger partial charge in [0.1, 0.15) is 17.3 Å². The second-order valence-electron chi connectivity index (χ2n) is 6.14. The topological polar surface area (TPSA) is 72.5 Å². The number of aryl methyl sites for hydroxylation is 1. The van der Waals surface area contributed by atoms with Crippen LogP contribution in [-0.2, 0) is 4.79 Å². The van der Waals surface area contributed by atoms with Gasteiger partial charge < -0.3 is 20.1 Å². The van der Waals surface area contributed by atoms with Gasteiger partial charge >= 0.3 is 0 Å². The minimum absolute atomic E-state index is 0.0647. The summed E-state index contributed by atoms with van der Waals surface area (Å²) in [6.45, 7) is 4.46. The second-order valence-corrected chi connectivity index (χ2v) is 6.14. The van der Waals surface area contributed by atoms with Gasteiger partial charge in [-0.3, -0.25) is 4.79 Å². The maximum Gasteiger partial charge on any atom is 0.262 e. The third-order valence-corrected chi connectivity index (χ3v) is 3.89. The normalized spacial score (nSPS) is 10.2. The Labute approximate surface area is 164 Å². The first-order chi connectivity index (χ1) is 13.6. The van der Waals surface area contributed by atoms with Crippen molar-refractivity contribution in [1.82, 2.24) is 4.98 Å². The van der Waals surface area contributed by atoms with Crippen LogP contribution in [0.1, 0.15) is 12.5 Å². The zero-order valence-corrected chi connectivity index (χ0v) is 15.9. The Morgan fingerprint density at radius 2 is 1.79 bits per heavy atom. The van der Waals surface area contributed by atoms with Gasteiger partial charge in [-0.15, -0.1) is 0 Å². The molecule has 2 aromatic carbocycles. The van der Waals surface area contributed by atoms with E-state index >= 15 is 0 Å². The molecule has 3 aromatic rings. The van der Waals surface area contributed by atoms with Crippen LogP contribution in [0.3, 0.4) is 0 Å². The highest BCUT2D eigenvalue weighted by atomic mass is 16.5. The predicted octanol–water partition coefficient (Wildman–Crippen LogP) is 4.55. The third-order valence-electron chi connectivity index (χ3n) is 3.89. The van der Waals surface area contributed by atoms with Crippen molar-refractivity contribution in [3.05, 3.63) is 72.4 Å². The summed E-state index contributed by atoms with van der Waals surface area (Å²) in [5.41, 5.74) is 2.57. The summed E-state index contributed by atoms with van der Waals surface area (Å²) >= 11 is 0. The molecule has 144 valence electrons. The number of rotatable bonds is 8. The van der Waals surface area contributed by atoms with Gasteiger partial charge in [0.05, 0.1) is 24.2 Å². The largest absolute Gasteiger partial charge is 0.492 e. The van der Waals surface area contributed by atoms with Gasteiger partial charge in [0.2, 0.25) is 0 Å². The Kier molecular flexibility index (Phi) is 6.46. The Morgan fingerprint density at radius 3 is 2.50 bits per heavy atom. The summed E-state index contributed by atoms with van der Waals surface area (Å²) in [5, 5.41) is 5.98. The Morgan fingerprint density at radius 1 is 1.00 bits per heavy atom. The molecule has 3 rings (SSSR count). The van der Waals surface area contributed by atoms with Gasteiger partial charge in [-0.25, -0.2) is 4.98 Å². The van der Waals surface area contributed by atoms with Crippen molar-refractivity contribution >= 4 is 23.1 Å². The van der Waals surface area contributed by atoms with E-state index in [9.17, 15) is 4.79 Å². The summed E-state index contributed by atoms with van der Waals surface area (Å²) in [6.07, 6.45) is 1.59. The molecule has 1 amide bonds. The molecule has 6 heteroatoms. The van der Waals surface area contributed by atoms with E-state index in [1.807, 2.05) is 62.4 Å². The molecular weight excluding hydrogens is 354 g/mol. The quantitative estimate of drug-likeness (QED) is 0.602. The highest BCUT2D eigenvalue weighted by Gasteiger charge is 2.06. The number of aromatic nitrogens is 1. The predicted molar refractivity (Wildman–Crippen MR) is 110 cm³/mol. The molecule has 0 aliphatic heterocycles. The lowest BCUT2D eigenvalue weighted by Crippen LogP contribution is -2.20. The van der Waals surface area contributed by atoms with E-state index in [0.29, 0.717) is 23.9 Å². The van der Waals surface area contributed by atoms with Crippen molar-refractivity contribution < 1.29 is 14.3 Å². The van der Waals surface area contributed by atoms with E-state index in [2.05, 4.69) is 15.6 Å². The molecule has 0 spiro atoms. The number of ether oxygens (including phenoxy) is 2. The number of para-hydroxylation sites is 2. The molecule has 1 aromatic heterocycles. The lowest BCUT2D eigenvalue weighted by molar-refractivity contribution is -0.118. The minimum atomic E-state index is -0.246. The van der Waals surface area contributed by atoms with Crippen molar-refractivity contribution in [2.24, 2.45) is 0 Å². The van der Waals surface area contributed by atoms with Crippen molar-refractivity contribution in [2.45, 2.75) is 13.8 Å². The highest BCUT2D eigenvalue weighted by Crippen LogP contribution is 2.26. The van der Waals surface area contributed by atoms with Crippen LogP contribution in [0.4, 0.5) is 17.2 Å². The number of nitrogens with one attached hydrogen (secondary N) is 2. The van der Waals surface area contributed by atoms with Crippen molar-refractivity contribution in [2.75, 3.05) is 23.8 Å². The lowest BCUT2D eigenvalue weighted by Gasteiger charge is -2.12. The number of pyridine rings is 1. The zero-order valence-electron chi connectivity index (χ0n) is 15.9. The fraction of sp³-hybridized carbons (Fsp3) is 0.182. The molecule has 0 bridgehead atoms. The fourth-order valence-corrected chi connectivity index (χ4v) is 2.51. The highest BCUT2D eigenvalue weighted by molar-refractivity contribution is 5.91. The molecule has 0 aliphatic carbocycles. The van der Waals surface area contributed by atoms with Gasteiger partial charge in [0.15, 0.2) is 6.61 Å². The van der Waals surface area contributed by atoms with Crippen LogP contribution in [-0.4, -0.2) is 24.1 Å². The molecule has 0 radical (unpaired) electrons. The Balaban J connectivity index is 1.54. The summed E-state index contributed by atoms with van der Waals surface area (Å²) in [4.78, 5) is 16.4. The summed E-state index contributed by atoms with van der Waals surface area (Å²) in [6, 6.07) is 18.8. The third kappa shape index (κ3) is 5.48. The first kappa shape index (κ1) is 19.2. The number of hydrogen-bond donors (Lipinski definition) is 2. The Hall–Kier alpha value is -3.54. The molecule has 0 saturated heterocycles. The maximum absolute atomic E-state index is 12.0. The van der Waals surface area contributed by atoms with E-state index in [4.69, 9.17) is 9.47 Å². The number of amides is 1. The molecule has 6 nitrogen and oxygen atoms in total.